The van der Waals surface area contributed by atoms with Crippen LogP contribution >= 0.6 is 0 Å². The van der Waals surface area contributed by atoms with Gasteiger partial charge in [0, 0.05) is 20.3 Å². The standard InChI is InChI=1S/C17H24O5/c1-10-14(20)7-8-17(4)9-13(21-11(2)18)5-6-15(16(10)17)22-12(3)19/h13,15H,5-9H2,1-4H3/t13-,15-,17-/m0/s1. The fraction of sp³-hybridized carbons (Fsp3) is 0.706. The zero-order chi connectivity index (χ0) is 16.5. The van der Waals surface area contributed by atoms with Gasteiger partial charge in [-0.15, -0.1) is 0 Å². The molecule has 2 aliphatic rings. The summed E-state index contributed by atoms with van der Waals surface area (Å²) >= 11 is 0. The number of Topliss-reactive ketones (excluding diaryl/α,β-unsaturated/α-hetero) is 1. The molecule has 0 aromatic rings. The number of ether oxygens (including phenoxy) is 2. The highest BCUT2D eigenvalue weighted by atomic mass is 16.5. The molecule has 1 saturated carbocycles. The molecule has 0 spiro atoms. The maximum Gasteiger partial charge on any atom is 0.303 e. The fourth-order valence-corrected chi connectivity index (χ4v) is 3.90. The molecular formula is C17H24O5. The van der Waals surface area contributed by atoms with Gasteiger partial charge in [-0.2, -0.15) is 0 Å². The molecule has 0 amide bonds. The largest absolute Gasteiger partial charge is 0.463 e. The average molecular weight is 308 g/mol. The molecule has 2 rings (SSSR count). The van der Waals surface area contributed by atoms with Crippen LogP contribution in [0.25, 0.3) is 0 Å². The summed E-state index contributed by atoms with van der Waals surface area (Å²) in [4.78, 5) is 34.8. The predicted molar refractivity (Wildman–Crippen MR) is 80.0 cm³/mol. The van der Waals surface area contributed by atoms with E-state index in [4.69, 9.17) is 9.47 Å². The molecule has 0 unspecified atom stereocenters. The Hall–Kier alpha value is -1.65. The van der Waals surface area contributed by atoms with Crippen molar-refractivity contribution >= 4 is 17.7 Å². The lowest BCUT2D eigenvalue weighted by molar-refractivity contribution is -0.149. The van der Waals surface area contributed by atoms with E-state index in [9.17, 15) is 14.4 Å². The minimum absolute atomic E-state index is 0.121. The van der Waals surface area contributed by atoms with E-state index in [0.29, 0.717) is 37.7 Å². The van der Waals surface area contributed by atoms with Crippen molar-refractivity contribution < 1.29 is 23.9 Å². The van der Waals surface area contributed by atoms with Crippen LogP contribution < -0.4 is 0 Å². The lowest BCUT2D eigenvalue weighted by Gasteiger charge is -2.39. The van der Waals surface area contributed by atoms with E-state index >= 15 is 0 Å². The van der Waals surface area contributed by atoms with Gasteiger partial charge < -0.3 is 9.47 Å². The van der Waals surface area contributed by atoms with Gasteiger partial charge in [0.1, 0.15) is 12.2 Å². The van der Waals surface area contributed by atoms with Gasteiger partial charge in [-0.3, -0.25) is 14.4 Å². The van der Waals surface area contributed by atoms with Crippen LogP contribution in [-0.4, -0.2) is 29.9 Å². The van der Waals surface area contributed by atoms with Gasteiger partial charge in [0.2, 0.25) is 0 Å². The third-order valence-corrected chi connectivity index (χ3v) is 4.77. The van der Waals surface area contributed by atoms with E-state index in [1.807, 2.05) is 6.92 Å². The van der Waals surface area contributed by atoms with Gasteiger partial charge in [-0.25, -0.2) is 0 Å². The fourth-order valence-electron chi connectivity index (χ4n) is 3.90. The average Bonchev–Trinajstić information content (AvgIpc) is 2.51. The second-order valence-electron chi connectivity index (χ2n) is 6.63. The summed E-state index contributed by atoms with van der Waals surface area (Å²) in [5.74, 6) is -0.527. The highest BCUT2D eigenvalue weighted by molar-refractivity contribution is 5.97. The highest BCUT2D eigenvalue weighted by Gasteiger charge is 2.45. The van der Waals surface area contributed by atoms with Gasteiger partial charge in [-0.05, 0) is 49.2 Å². The normalized spacial score (nSPS) is 32.1. The van der Waals surface area contributed by atoms with Gasteiger partial charge in [-0.1, -0.05) is 6.92 Å². The highest BCUT2D eigenvalue weighted by Crippen LogP contribution is 2.48. The number of hydrogen-bond donors (Lipinski definition) is 0. The molecule has 122 valence electrons. The Labute approximate surface area is 131 Å². The minimum atomic E-state index is -0.396. The van der Waals surface area contributed by atoms with Crippen molar-refractivity contribution in [2.75, 3.05) is 0 Å². The van der Waals surface area contributed by atoms with Crippen LogP contribution in [0.4, 0.5) is 0 Å². The molecule has 0 saturated heterocycles. The van der Waals surface area contributed by atoms with E-state index in [-0.39, 0.29) is 29.2 Å². The van der Waals surface area contributed by atoms with Crippen LogP contribution in [0, 0.1) is 5.41 Å². The summed E-state index contributed by atoms with van der Waals surface area (Å²) in [6, 6.07) is 0. The monoisotopic (exact) mass is 308 g/mol. The van der Waals surface area contributed by atoms with E-state index in [1.54, 1.807) is 0 Å². The molecule has 0 heterocycles. The summed E-state index contributed by atoms with van der Waals surface area (Å²) in [6.07, 6.45) is 2.49. The lowest BCUT2D eigenvalue weighted by Crippen LogP contribution is -2.36. The Morgan fingerprint density at radius 1 is 1.14 bits per heavy atom. The summed E-state index contributed by atoms with van der Waals surface area (Å²) in [5.41, 5.74) is 1.37. The van der Waals surface area contributed by atoms with Crippen LogP contribution in [0.2, 0.25) is 0 Å². The van der Waals surface area contributed by atoms with Crippen LogP contribution in [0.3, 0.4) is 0 Å². The Balaban J connectivity index is 2.40. The lowest BCUT2D eigenvalue weighted by atomic mass is 9.67. The quantitative estimate of drug-likeness (QED) is 0.734. The number of hydrogen-bond acceptors (Lipinski definition) is 5. The number of ketones is 1. The maximum atomic E-state index is 12.1. The molecule has 5 nitrogen and oxygen atoms in total. The Morgan fingerprint density at radius 2 is 1.77 bits per heavy atom. The molecule has 5 heteroatoms. The Morgan fingerprint density at radius 3 is 2.36 bits per heavy atom. The summed E-state index contributed by atoms with van der Waals surface area (Å²) in [6.45, 7) is 6.68. The molecule has 2 aliphatic carbocycles. The summed E-state index contributed by atoms with van der Waals surface area (Å²) in [5, 5.41) is 0. The topological polar surface area (TPSA) is 69.7 Å². The van der Waals surface area contributed by atoms with E-state index in [2.05, 4.69) is 6.92 Å². The van der Waals surface area contributed by atoms with Crippen LogP contribution in [0.1, 0.15) is 59.8 Å². The zero-order valence-electron chi connectivity index (χ0n) is 13.7. The number of rotatable bonds is 2. The van der Waals surface area contributed by atoms with Crippen molar-refractivity contribution in [3.05, 3.63) is 11.1 Å². The molecule has 22 heavy (non-hydrogen) atoms. The zero-order valence-corrected chi connectivity index (χ0v) is 13.7. The van der Waals surface area contributed by atoms with E-state index in [0.717, 1.165) is 5.57 Å². The van der Waals surface area contributed by atoms with E-state index < -0.39 is 6.10 Å². The van der Waals surface area contributed by atoms with Crippen molar-refractivity contribution in [1.82, 2.24) is 0 Å². The first-order chi connectivity index (χ1) is 10.2. The number of allylic oxidation sites excluding steroid dienone is 1. The smallest absolute Gasteiger partial charge is 0.303 e. The molecular weight excluding hydrogens is 284 g/mol. The summed E-state index contributed by atoms with van der Waals surface area (Å²) < 4.78 is 10.9. The molecule has 0 bridgehead atoms. The molecule has 3 atom stereocenters. The van der Waals surface area contributed by atoms with Crippen LogP contribution in [-0.2, 0) is 23.9 Å². The first kappa shape index (κ1) is 16.7. The number of fused-ring (bicyclic) bond motifs is 1. The molecule has 0 radical (unpaired) electrons. The molecule has 0 aliphatic heterocycles. The van der Waals surface area contributed by atoms with Crippen molar-refractivity contribution in [3.8, 4) is 0 Å². The van der Waals surface area contributed by atoms with Gasteiger partial charge >= 0.3 is 11.9 Å². The van der Waals surface area contributed by atoms with Crippen molar-refractivity contribution in [3.63, 3.8) is 0 Å². The van der Waals surface area contributed by atoms with Crippen molar-refractivity contribution in [1.29, 1.82) is 0 Å². The number of carbonyl (C=O) groups is 3. The van der Waals surface area contributed by atoms with E-state index in [1.165, 1.54) is 13.8 Å². The second-order valence-corrected chi connectivity index (χ2v) is 6.63. The van der Waals surface area contributed by atoms with Crippen molar-refractivity contribution in [2.24, 2.45) is 5.41 Å². The maximum absolute atomic E-state index is 12.1. The predicted octanol–water partition coefficient (Wildman–Crippen LogP) is 2.72. The minimum Gasteiger partial charge on any atom is -0.463 e. The van der Waals surface area contributed by atoms with Crippen LogP contribution in [0.5, 0.6) is 0 Å². The third kappa shape index (κ3) is 3.39. The van der Waals surface area contributed by atoms with Gasteiger partial charge in [0.25, 0.3) is 0 Å². The molecule has 0 aromatic heterocycles. The Kier molecular flexibility index (Phi) is 4.73. The molecule has 0 N–H and O–H groups in total. The second kappa shape index (κ2) is 6.23. The Bertz CT molecular complexity index is 533. The first-order valence-electron chi connectivity index (χ1n) is 7.82. The van der Waals surface area contributed by atoms with Gasteiger partial charge in [0.15, 0.2) is 5.78 Å². The first-order valence-corrected chi connectivity index (χ1v) is 7.82. The van der Waals surface area contributed by atoms with Crippen molar-refractivity contribution in [2.45, 2.75) is 72.0 Å². The van der Waals surface area contributed by atoms with Gasteiger partial charge in [0.05, 0.1) is 0 Å². The number of carbonyl (C=O) groups excluding carboxylic acids is 3. The molecule has 1 fully saturated rings. The number of esters is 2. The SMILES string of the molecule is CC(=O)O[C@H]1CC[C@H](OC(C)=O)C2=C(C)C(=O)CC[C@@]2(C)C1. The summed E-state index contributed by atoms with van der Waals surface area (Å²) in [7, 11) is 0. The van der Waals surface area contributed by atoms with Crippen LogP contribution in [0.15, 0.2) is 11.1 Å². The third-order valence-electron chi connectivity index (χ3n) is 4.77. The molecule has 0 aromatic carbocycles.